The number of rotatable bonds is 9. The van der Waals surface area contributed by atoms with E-state index in [0.717, 1.165) is 49.5 Å². The summed E-state index contributed by atoms with van der Waals surface area (Å²) in [5.74, 6) is -0.314. The molecule has 1 unspecified atom stereocenters. The maximum absolute atomic E-state index is 12.7. The van der Waals surface area contributed by atoms with Crippen LogP contribution in [0.15, 0.2) is 67.0 Å². The molecule has 0 spiro atoms. The fourth-order valence-corrected chi connectivity index (χ4v) is 4.77. The number of carbonyl (C=O) groups is 2. The number of halogens is 3. The van der Waals surface area contributed by atoms with Gasteiger partial charge in [-0.05, 0) is 36.2 Å². The molecular weight excluding hydrogens is 563 g/mol. The van der Waals surface area contributed by atoms with E-state index in [1.54, 1.807) is 46.5 Å². The number of urea groups is 1. The number of aromatic nitrogens is 3. The van der Waals surface area contributed by atoms with Crippen LogP contribution in [0.4, 0.5) is 23.7 Å². The molecule has 13 heteroatoms. The number of amides is 3. The van der Waals surface area contributed by atoms with Crippen LogP contribution in [0.25, 0.3) is 28.0 Å². The van der Waals surface area contributed by atoms with Crippen LogP contribution in [0, 0.1) is 0 Å². The molecular formula is C30H32F3N7O3. The lowest BCUT2D eigenvalue weighted by atomic mass is 9.97. The molecule has 1 aliphatic rings. The lowest BCUT2D eigenvalue weighted by Gasteiger charge is -2.26. The molecule has 10 nitrogen and oxygen atoms in total. The van der Waals surface area contributed by atoms with Crippen LogP contribution in [0.2, 0.25) is 0 Å². The molecule has 0 radical (unpaired) electrons. The van der Waals surface area contributed by atoms with Crippen LogP contribution in [0.3, 0.4) is 0 Å². The van der Waals surface area contributed by atoms with Gasteiger partial charge in [0.2, 0.25) is 5.91 Å². The van der Waals surface area contributed by atoms with E-state index in [1.165, 1.54) is 0 Å². The maximum Gasteiger partial charge on any atom is 0.405 e. The molecule has 0 bridgehead atoms. The van der Waals surface area contributed by atoms with Crippen molar-refractivity contribution in [3.8, 4) is 22.4 Å². The number of benzene rings is 2. The van der Waals surface area contributed by atoms with E-state index >= 15 is 0 Å². The zero-order valence-corrected chi connectivity index (χ0v) is 23.5. The number of nitrogens with one attached hydrogen (secondary N) is 3. The van der Waals surface area contributed by atoms with Gasteiger partial charge in [-0.25, -0.2) is 14.3 Å². The molecule has 0 saturated carbocycles. The zero-order valence-electron chi connectivity index (χ0n) is 23.5. The Kier molecular flexibility index (Phi) is 9.22. The Morgan fingerprint density at radius 3 is 2.49 bits per heavy atom. The molecule has 226 valence electrons. The molecule has 2 aromatic carbocycles. The van der Waals surface area contributed by atoms with Crippen LogP contribution >= 0.6 is 0 Å². The second-order valence-corrected chi connectivity index (χ2v) is 10.3. The smallest absolute Gasteiger partial charge is 0.379 e. The first kappa shape index (κ1) is 30.0. The molecule has 1 saturated heterocycles. The van der Waals surface area contributed by atoms with Crippen LogP contribution < -0.4 is 16.0 Å². The number of anilines is 1. The highest BCUT2D eigenvalue weighted by Gasteiger charge is 2.27. The minimum absolute atomic E-state index is 0.0183. The molecule has 1 fully saturated rings. The molecule has 0 aliphatic carbocycles. The topological polar surface area (TPSA) is 113 Å². The van der Waals surface area contributed by atoms with E-state index in [9.17, 15) is 22.8 Å². The molecule has 2 aromatic heterocycles. The van der Waals surface area contributed by atoms with E-state index in [1.807, 2.05) is 37.3 Å². The number of hydrogen-bond donors (Lipinski definition) is 3. The van der Waals surface area contributed by atoms with Crippen LogP contribution in [0.5, 0.6) is 0 Å². The lowest BCUT2D eigenvalue weighted by molar-refractivity contribution is -0.123. The van der Waals surface area contributed by atoms with Crippen LogP contribution in [-0.2, 0) is 9.53 Å². The number of alkyl halides is 3. The zero-order chi connectivity index (χ0) is 30.4. The van der Waals surface area contributed by atoms with Crippen molar-refractivity contribution in [3.63, 3.8) is 0 Å². The van der Waals surface area contributed by atoms with Gasteiger partial charge in [0, 0.05) is 43.0 Å². The Morgan fingerprint density at radius 2 is 1.74 bits per heavy atom. The molecule has 43 heavy (non-hydrogen) atoms. The van der Waals surface area contributed by atoms with E-state index in [0.29, 0.717) is 29.1 Å². The molecule has 5 rings (SSSR count). The predicted octanol–water partition coefficient (Wildman–Crippen LogP) is 4.30. The Balaban J connectivity index is 1.22. The van der Waals surface area contributed by atoms with Crippen molar-refractivity contribution in [2.75, 3.05) is 51.3 Å². The quantitative estimate of drug-likeness (QED) is 0.266. The minimum Gasteiger partial charge on any atom is -0.379 e. The Bertz CT molecular complexity index is 1570. The summed E-state index contributed by atoms with van der Waals surface area (Å²) in [5.41, 5.74) is 4.89. The Morgan fingerprint density at radius 1 is 0.977 bits per heavy atom. The largest absolute Gasteiger partial charge is 0.405 e. The Hall–Kier alpha value is -4.49. The summed E-state index contributed by atoms with van der Waals surface area (Å²) in [4.78, 5) is 31.3. The van der Waals surface area contributed by atoms with Gasteiger partial charge in [-0.1, -0.05) is 36.4 Å². The SMILES string of the molecule is CC(C(=O)NCCN1CCOCC1)c1ccc(-c2cnn3c(-c4cccc(NC(=O)NCC(F)(F)F)c4)cnc3c2)cc1. The summed E-state index contributed by atoms with van der Waals surface area (Å²) in [5, 5.41) is 11.8. The number of fused-ring (bicyclic) bond motifs is 1. The third kappa shape index (κ3) is 7.87. The first-order chi connectivity index (χ1) is 20.7. The van der Waals surface area contributed by atoms with Crippen molar-refractivity contribution >= 4 is 23.3 Å². The highest BCUT2D eigenvalue weighted by atomic mass is 19.4. The van der Waals surface area contributed by atoms with Crippen molar-refractivity contribution in [2.45, 2.75) is 19.0 Å². The van der Waals surface area contributed by atoms with Gasteiger partial charge in [-0.3, -0.25) is 9.69 Å². The standard InChI is InChI=1S/C30H32F3N7O3/c1-20(28(41)34-9-10-39-11-13-43-14-12-39)21-5-7-22(8-6-21)24-16-27-35-18-26(40(27)37-17-24)23-3-2-4-25(15-23)38-29(42)36-19-30(31,32)33/h2-8,15-18,20H,9-14,19H2,1H3,(H,34,41)(H2,36,38,42). The number of hydrogen-bond acceptors (Lipinski definition) is 6. The summed E-state index contributed by atoms with van der Waals surface area (Å²) in [6, 6.07) is 15.4. The van der Waals surface area contributed by atoms with Gasteiger partial charge in [0.15, 0.2) is 5.65 Å². The fraction of sp³-hybridized carbons (Fsp3) is 0.333. The summed E-state index contributed by atoms with van der Waals surface area (Å²) >= 11 is 0. The third-order valence-electron chi connectivity index (χ3n) is 7.20. The highest BCUT2D eigenvalue weighted by molar-refractivity contribution is 5.90. The number of nitrogens with zero attached hydrogens (tertiary/aromatic N) is 4. The van der Waals surface area contributed by atoms with Gasteiger partial charge < -0.3 is 20.7 Å². The second kappa shape index (κ2) is 13.2. The highest BCUT2D eigenvalue weighted by Crippen LogP contribution is 2.27. The normalized spacial score (nSPS) is 14.8. The van der Waals surface area contributed by atoms with Gasteiger partial charge in [0.1, 0.15) is 6.54 Å². The van der Waals surface area contributed by atoms with E-state index in [2.05, 4.69) is 25.6 Å². The third-order valence-corrected chi connectivity index (χ3v) is 7.20. The van der Waals surface area contributed by atoms with Gasteiger partial charge in [0.25, 0.3) is 0 Å². The second-order valence-electron chi connectivity index (χ2n) is 10.3. The number of imidazole rings is 1. The first-order valence-electron chi connectivity index (χ1n) is 13.9. The van der Waals surface area contributed by atoms with Crippen molar-refractivity contribution in [1.29, 1.82) is 0 Å². The number of carbonyl (C=O) groups excluding carboxylic acids is 2. The fourth-order valence-electron chi connectivity index (χ4n) is 4.77. The van der Waals surface area contributed by atoms with Gasteiger partial charge in [0.05, 0.1) is 37.2 Å². The van der Waals surface area contributed by atoms with Crippen molar-refractivity contribution in [2.24, 2.45) is 0 Å². The summed E-state index contributed by atoms with van der Waals surface area (Å²) < 4.78 is 44.1. The van der Waals surface area contributed by atoms with Gasteiger partial charge in [-0.2, -0.15) is 18.3 Å². The molecule has 4 aromatic rings. The maximum atomic E-state index is 12.7. The number of ether oxygens (including phenoxy) is 1. The van der Waals surface area contributed by atoms with Crippen molar-refractivity contribution in [3.05, 3.63) is 72.6 Å². The van der Waals surface area contributed by atoms with E-state index < -0.39 is 18.8 Å². The van der Waals surface area contributed by atoms with Gasteiger partial charge in [-0.15, -0.1) is 0 Å². The van der Waals surface area contributed by atoms with Crippen molar-refractivity contribution < 1.29 is 27.5 Å². The van der Waals surface area contributed by atoms with Crippen molar-refractivity contribution in [1.82, 2.24) is 30.1 Å². The van der Waals surface area contributed by atoms with Gasteiger partial charge >= 0.3 is 12.2 Å². The van der Waals surface area contributed by atoms with Crippen LogP contribution in [-0.4, -0.2) is 83.6 Å². The average molecular weight is 596 g/mol. The van der Waals surface area contributed by atoms with Crippen LogP contribution in [0.1, 0.15) is 18.4 Å². The Labute approximate surface area is 246 Å². The molecule has 1 aliphatic heterocycles. The first-order valence-corrected chi connectivity index (χ1v) is 13.9. The number of morpholine rings is 1. The minimum atomic E-state index is -4.50. The van der Waals surface area contributed by atoms with E-state index in [4.69, 9.17) is 4.74 Å². The average Bonchev–Trinajstić information content (AvgIpc) is 3.43. The lowest BCUT2D eigenvalue weighted by Crippen LogP contribution is -2.42. The van der Waals surface area contributed by atoms with E-state index in [-0.39, 0.29) is 11.8 Å². The molecule has 3 amide bonds. The molecule has 3 N–H and O–H groups in total. The monoisotopic (exact) mass is 595 g/mol. The molecule has 3 heterocycles. The predicted molar refractivity (Wildman–Crippen MR) is 156 cm³/mol. The summed E-state index contributed by atoms with van der Waals surface area (Å²) in [6.45, 7) is 5.09. The summed E-state index contributed by atoms with van der Waals surface area (Å²) in [7, 11) is 0. The summed E-state index contributed by atoms with van der Waals surface area (Å²) in [6.07, 6.45) is -1.15. The molecule has 1 atom stereocenters.